The summed E-state index contributed by atoms with van der Waals surface area (Å²) in [5.41, 5.74) is 4.12. The molecule has 34 heavy (non-hydrogen) atoms. The molecule has 9 nitrogen and oxygen atoms in total. The van der Waals surface area contributed by atoms with Crippen LogP contribution in [0.15, 0.2) is 43.0 Å². The van der Waals surface area contributed by atoms with Gasteiger partial charge in [0.25, 0.3) is 0 Å². The van der Waals surface area contributed by atoms with Gasteiger partial charge in [0.15, 0.2) is 5.65 Å². The van der Waals surface area contributed by atoms with Crippen LogP contribution < -0.4 is 10.2 Å². The maximum absolute atomic E-state index is 11.9. The third-order valence-electron chi connectivity index (χ3n) is 6.50. The summed E-state index contributed by atoms with van der Waals surface area (Å²) in [6, 6.07) is 9.03. The summed E-state index contributed by atoms with van der Waals surface area (Å²) in [6.45, 7) is 7.50. The van der Waals surface area contributed by atoms with E-state index in [4.69, 9.17) is 9.47 Å². The molecule has 2 atom stereocenters. The van der Waals surface area contributed by atoms with E-state index in [0.29, 0.717) is 43.3 Å². The number of para-hydroxylation sites is 1. The molecule has 9 heteroatoms. The van der Waals surface area contributed by atoms with Crippen LogP contribution in [0.5, 0.6) is 5.75 Å². The molecule has 178 valence electrons. The van der Waals surface area contributed by atoms with Gasteiger partial charge in [0.2, 0.25) is 5.91 Å². The highest BCUT2D eigenvalue weighted by molar-refractivity contribution is 5.95. The largest absolute Gasteiger partial charge is 0.507 e. The first-order chi connectivity index (χ1) is 16.6. The van der Waals surface area contributed by atoms with E-state index in [9.17, 15) is 9.90 Å². The summed E-state index contributed by atoms with van der Waals surface area (Å²) < 4.78 is 11.4. The predicted octanol–water partition coefficient (Wildman–Crippen LogP) is 2.73. The normalized spacial score (nSPS) is 21.2. The Labute approximate surface area is 197 Å². The van der Waals surface area contributed by atoms with E-state index in [1.165, 1.54) is 6.08 Å². The zero-order valence-electron chi connectivity index (χ0n) is 19.0. The summed E-state index contributed by atoms with van der Waals surface area (Å²) in [4.78, 5) is 17.8. The maximum Gasteiger partial charge on any atom is 0.243 e. The Kier molecular flexibility index (Phi) is 6.46. The average Bonchev–Trinajstić information content (AvgIpc) is 3.09. The van der Waals surface area contributed by atoms with Gasteiger partial charge in [-0.25, -0.2) is 0 Å². The van der Waals surface area contributed by atoms with E-state index in [1.807, 2.05) is 18.2 Å². The smallest absolute Gasteiger partial charge is 0.243 e. The van der Waals surface area contributed by atoms with Gasteiger partial charge in [-0.05, 0) is 37.1 Å². The number of hydrogen-bond acceptors (Lipinski definition) is 7. The summed E-state index contributed by atoms with van der Waals surface area (Å²) in [7, 11) is 0. The standard InChI is InChI=1S/C25H29N5O4/c1-2-22(32)26-17-13-16(7-10-34-15-17)23-24(30-8-11-33-12-9-30)19-14-20(28-29-25(19)27-23)18-5-3-4-6-21(18)31/h2-6,14,16-17,31H,1,7-13,15H2,(H,26,32)(H,27,29)/t16?,17-/m0/s1. The number of carbonyl (C=O) groups excluding carboxylic acids is 1. The molecule has 1 aromatic carbocycles. The van der Waals surface area contributed by atoms with Crippen LogP contribution >= 0.6 is 0 Å². The molecule has 0 bridgehead atoms. The van der Waals surface area contributed by atoms with Gasteiger partial charge in [-0.15, -0.1) is 10.2 Å². The monoisotopic (exact) mass is 463 g/mol. The van der Waals surface area contributed by atoms with Gasteiger partial charge < -0.3 is 29.8 Å². The Balaban J connectivity index is 1.58. The first-order valence-electron chi connectivity index (χ1n) is 11.6. The number of aromatic hydroxyl groups is 1. The van der Waals surface area contributed by atoms with Crippen LogP contribution in [0.2, 0.25) is 0 Å². The lowest BCUT2D eigenvalue weighted by molar-refractivity contribution is -0.117. The molecule has 1 unspecified atom stereocenters. The molecule has 0 radical (unpaired) electrons. The van der Waals surface area contributed by atoms with Crippen molar-refractivity contribution in [2.75, 3.05) is 44.4 Å². The van der Waals surface area contributed by atoms with Crippen molar-refractivity contribution in [1.29, 1.82) is 0 Å². The number of rotatable bonds is 5. The van der Waals surface area contributed by atoms with Crippen molar-refractivity contribution in [3.8, 4) is 17.0 Å². The topological polar surface area (TPSA) is 113 Å². The SMILES string of the molecule is C=CC(=O)N[C@@H]1COCCC(c2[nH]c3nnc(-c4ccccc4O)cc3c2N2CCOCC2)C1. The van der Waals surface area contributed by atoms with E-state index in [1.54, 1.807) is 12.1 Å². The fourth-order valence-electron chi connectivity index (χ4n) is 4.84. The number of H-pyrrole nitrogens is 1. The number of anilines is 1. The average molecular weight is 464 g/mol. The number of phenolic OH excluding ortho intramolecular Hbond substituents is 1. The molecule has 2 fully saturated rings. The number of phenols is 1. The second-order valence-electron chi connectivity index (χ2n) is 8.70. The summed E-state index contributed by atoms with van der Waals surface area (Å²) in [6.07, 6.45) is 2.85. The molecule has 0 aliphatic carbocycles. The van der Waals surface area contributed by atoms with Crippen molar-refractivity contribution < 1.29 is 19.4 Å². The number of benzene rings is 1. The zero-order valence-corrected chi connectivity index (χ0v) is 19.0. The minimum Gasteiger partial charge on any atom is -0.507 e. The van der Waals surface area contributed by atoms with Crippen LogP contribution in [0.4, 0.5) is 5.69 Å². The van der Waals surface area contributed by atoms with Crippen molar-refractivity contribution in [2.24, 2.45) is 0 Å². The number of amides is 1. The quantitative estimate of drug-likeness (QED) is 0.499. The number of ether oxygens (including phenoxy) is 2. The van der Waals surface area contributed by atoms with Crippen molar-refractivity contribution in [2.45, 2.75) is 24.8 Å². The molecule has 0 saturated carbocycles. The van der Waals surface area contributed by atoms with Crippen LogP contribution in [0.25, 0.3) is 22.3 Å². The Morgan fingerprint density at radius 2 is 2.03 bits per heavy atom. The number of nitrogens with one attached hydrogen (secondary N) is 2. The van der Waals surface area contributed by atoms with E-state index in [-0.39, 0.29) is 23.6 Å². The Morgan fingerprint density at radius 3 is 2.82 bits per heavy atom. The van der Waals surface area contributed by atoms with Crippen LogP contribution in [-0.4, -0.2) is 71.8 Å². The highest BCUT2D eigenvalue weighted by Crippen LogP contribution is 2.40. The van der Waals surface area contributed by atoms with Gasteiger partial charge in [-0.3, -0.25) is 4.79 Å². The first-order valence-corrected chi connectivity index (χ1v) is 11.6. The summed E-state index contributed by atoms with van der Waals surface area (Å²) in [5.74, 6) is 0.109. The Bertz CT molecular complexity index is 1190. The number of morpholine rings is 1. The molecular formula is C25H29N5O4. The molecule has 4 heterocycles. The fraction of sp³-hybridized carbons (Fsp3) is 0.400. The minimum atomic E-state index is -0.197. The number of hydrogen-bond donors (Lipinski definition) is 3. The number of aromatic amines is 1. The van der Waals surface area contributed by atoms with Crippen LogP contribution in [0, 0.1) is 0 Å². The first kappa shape index (κ1) is 22.4. The lowest BCUT2D eigenvalue weighted by Crippen LogP contribution is -2.38. The van der Waals surface area contributed by atoms with Crippen molar-refractivity contribution in [1.82, 2.24) is 20.5 Å². The van der Waals surface area contributed by atoms with Crippen LogP contribution in [0.3, 0.4) is 0 Å². The number of aromatic nitrogens is 3. The highest BCUT2D eigenvalue weighted by atomic mass is 16.5. The van der Waals surface area contributed by atoms with Crippen LogP contribution in [0.1, 0.15) is 24.5 Å². The second-order valence-corrected chi connectivity index (χ2v) is 8.70. The lowest BCUT2D eigenvalue weighted by atomic mass is 9.93. The molecule has 2 aliphatic heterocycles. The minimum absolute atomic E-state index is 0.107. The zero-order chi connectivity index (χ0) is 23.5. The molecule has 3 N–H and O–H groups in total. The predicted molar refractivity (Wildman–Crippen MR) is 129 cm³/mol. The summed E-state index contributed by atoms with van der Waals surface area (Å²) in [5, 5.41) is 23.2. The second kappa shape index (κ2) is 9.82. The van der Waals surface area contributed by atoms with Crippen molar-refractivity contribution >= 4 is 22.6 Å². The molecule has 2 aromatic heterocycles. The van der Waals surface area contributed by atoms with E-state index >= 15 is 0 Å². The molecular weight excluding hydrogens is 434 g/mol. The summed E-state index contributed by atoms with van der Waals surface area (Å²) >= 11 is 0. The number of nitrogens with zero attached hydrogens (tertiary/aromatic N) is 3. The fourth-order valence-corrected chi connectivity index (χ4v) is 4.84. The number of fused-ring (bicyclic) bond motifs is 1. The van der Waals surface area contributed by atoms with Crippen molar-refractivity contribution in [3.63, 3.8) is 0 Å². The highest BCUT2D eigenvalue weighted by Gasteiger charge is 2.30. The Hall–Kier alpha value is -3.43. The molecule has 1 amide bonds. The molecule has 2 aliphatic rings. The number of carbonyl (C=O) groups is 1. The molecule has 5 rings (SSSR count). The van der Waals surface area contributed by atoms with Crippen LogP contribution in [-0.2, 0) is 14.3 Å². The van der Waals surface area contributed by atoms with Crippen molar-refractivity contribution in [3.05, 3.63) is 48.7 Å². The van der Waals surface area contributed by atoms with Gasteiger partial charge in [0.1, 0.15) is 5.75 Å². The third-order valence-corrected chi connectivity index (χ3v) is 6.50. The van der Waals surface area contributed by atoms with Gasteiger partial charge >= 0.3 is 0 Å². The van der Waals surface area contributed by atoms with Gasteiger partial charge in [0.05, 0.1) is 37.2 Å². The van der Waals surface area contributed by atoms with E-state index in [0.717, 1.165) is 42.7 Å². The molecule has 0 spiro atoms. The van der Waals surface area contributed by atoms with Gasteiger partial charge in [-0.1, -0.05) is 18.7 Å². The maximum atomic E-state index is 11.9. The third kappa shape index (κ3) is 4.49. The Morgan fingerprint density at radius 1 is 1.21 bits per heavy atom. The van der Waals surface area contributed by atoms with E-state index in [2.05, 4.69) is 32.0 Å². The lowest BCUT2D eigenvalue weighted by Gasteiger charge is -2.31. The molecule has 2 saturated heterocycles. The molecule has 3 aromatic rings. The van der Waals surface area contributed by atoms with Gasteiger partial charge in [-0.2, -0.15) is 0 Å². The van der Waals surface area contributed by atoms with Gasteiger partial charge in [0, 0.05) is 42.3 Å². The van der Waals surface area contributed by atoms with E-state index < -0.39 is 0 Å².